The Kier molecular flexibility index (Phi) is 7.51. The first-order chi connectivity index (χ1) is 18.9. The lowest BCUT2D eigenvalue weighted by molar-refractivity contribution is -0.118. The number of hydrogen-bond donors (Lipinski definition) is 5. The fourth-order valence-corrected chi connectivity index (χ4v) is 5.30. The Hall–Kier alpha value is -4.38. The first-order valence-corrected chi connectivity index (χ1v) is 12.9. The number of ether oxygens (including phenoxy) is 1. The summed E-state index contributed by atoms with van der Waals surface area (Å²) in [6, 6.07) is 10.3. The Labute approximate surface area is 225 Å². The van der Waals surface area contributed by atoms with Crippen molar-refractivity contribution in [2.45, 2.75) is 38.3 Å². The minimum absolute atomic E-state index is 0.213. The number of halogens is 1. The van der Waals surface area contributed by atoms with Gasteiger partial charge >= 0.3 is 0 Å². The lowest BCUT2D eigenvalue weighted by Gasteiger charge is -2.18. The van der Waals surface area contributed by atoms with Crippen molar-refractivity contribution in [3.8, 4) is 5.75 Å². The molecule has 10 nitrogen and oxygen atoms in total. The number of anilines is 3. The van der Waals surface area contributed by atoms with E-state index >= 15 is 0 Å². The molecule has 0 saturated carbocycles. The minimum Gasteiger partial charge on any atom is -0.495 e. The van der Waals surface area contributed by atoms with E-state index in [4.69, 9.17) is 10.5 Å². The number of aryl methyl sites for hydroxylation is 1. The summed E-state index contributed by atoms with van der Waals surface area (Å²) in [5.74, 6) is 0.238. The van der Waals surface area contributed by atoms with Crippen LogP contribution in [0.25, 0.3) is 11.0 Å². The van der Waals surface area contributed by atoms with Crippen LogP contribution in [0.15, 0.2) is 42.6 Å². The molecule has 2 aromatic heterocycles. The molecule has 1 amide bonds. The van der Waals surface area contributed by atoms with Gasteiger partial charge < -0.3 is 31.4 Å². The standard InChI is InChI=1S/C28H32FN7O3/c1-31-14-18(37)9-8-16-6-7-17-12-24(39-2)23(13-20(16)17)33-15-36-28(19-10-11-32-27(19)35-36)34-22-5-3-4-21(29)25(22)26(30)38/h3-5,10-13,16,31,33-34H,6-9,14-15H2,1-2H3,(H2,30,38)(H,32,35). The highest BCUT2D eigenvalue weighted by molar-refractivity contribution is 6.01. The SMILES string of the molecule is CNCC(=O)CCC1CCc2cc(OC)c(NCn3nc4[nH]ccc4c3Nc3cccc(F)c3C(N)=O)cc21. The molecule has 11 heteroatoms. The summed E-state index contributed by atoms with van der Waals surface area (Å²) in [4.78, 5) is 27.1. The molecule has 0 radical (unpaired) electrons. The Morgan fingerprint density at radius 2 is 2.10 bits per heavy atom. The van der Waals surface area contributed by atoms with E-state index in [2.05, 4.69) is 38.2 Å². The second-order valence-corrected chi connectivity index (χ2v) is 9.67. The molecule has 2 aromatic carbocycles. The smallest absolute Gasteiger partial charge is 0.253 e. The van der Waals surface area contributed by atoms with E-state index in [0.717, 1.165) is 30.3 Å². The average molecular weight is 534 g/mol. The number of hydrogen-bond acceptors (Lipinski definition) is 7. The number of ketones is 1. The summed E-state index contributed by atoms with van der Waals surface area (Å²) in [5, 5.41) is 14.9. The predicted octanol–water partition coefficient (Wildman–Crippen LogP) is 4.02. The van der Waals surface area contributed by atoms with Crippen LogP contribution in [-0.4, -0.2) is 47.2 Å². The Balaban J connectivity index is 1.41. The van der Waals surface area contributed by atoms with Crippen LogP contribution in [0.2, 0.25) is 0 Å². The second-order valence-electron chi connectivity index (χ2n) is 9.67. The zero-order chi connectivity index (χ0) is 27.5. The predicted molar refractivity (Wildman–Crippen MR) is 148 cm³/mol. The van der Waals surface area contributed by atoms with E-state index in [1.165, 1.54) is 23.3 Å². The summed E-state index contributed by atoms with van der Waals surface area (Å²) in [6.07, 6.45) is 5.06. The number of carbonyl (C=O) groups is 2. The number of nitrogens with zero attached hydrogens (tertiary/aromatic N) is 2. The number of aromatic amines is 1. The number of H-pyrrole nitrogens is 1. The largest absolute Gasteiger partial charge is 0.495 e. The summed E-state index contributed by atoms with van der Waals surface area (Å²) < 4.78 is 21.8. The Morgan fingerprint density at radius 1 is 1.26 bits per heavy atom. The van der Waals surface area contributed by atoms with Crippen LogP contribution in [0.5, 0.6) is 5.75 Å². The fraction of sp³-hybridized carbons (Fsp3) is 0.321. The van der Waals surface area contributed by atoms with Crippen molar-refractivity contribution in [1.82, 2.24) is 20.1 Å². The highest BCUT2D eigenvalue weighted by Crippen LogP contribution is 2.41. The lowest BCUT2D eigenvalue weighted by atomic mass is 9.94. The summed E-state index contributed by atoms with van der Waals surface area (Å²) in [7, 11) is 3.42. The second kappa shape index (κ2) is 11.2. The number of amides is 1. The maximum absolute atomic E-state index is 14.4. The van der Waals surface area contributed by atoms with Crippen LogP contribution in [0.3, 0.4) is 0 Å². The van der Waals surface area contributed by atoms with E-state index < -0.39 is 11.7 Å². The summed E-state index contributed by atoms with van der Waals surface area (Å²) >= 11 is 0. The third-order valence-corrected chi connectivity index (χ3v) is 7.20. The van der Waals surface area contributed by atoms with Crippen molar-refractivity contribution in [3.05, 3.63) is 65.1 Å². The van der Waals surface area contributed by atoms with Crippen molar-refractivity contribution in [2.24, 2.45) is 5.73 Å². The van der Waals surface area contributed by atoms with E-state index in [0.29, 0.717) is 36.1 Å². The molecule has 1 unspecified atom stereocenters. The third-order valence-electron chi connectivity index (χ3n) is 7.20. The number of benzene rings is 2. The van der Waals surface area contributed by atoms with Crippen molar-refractivity contribution < 1.29 is 18.7 Å². The number of aromatic nitrogens is 3. The number of fused-ring (bicyclic) bond motifs is 2. The number of methoxy groups -OCH3 is 1. The molecule has 5 rings (SSSR count). The van der Waals surface area contributed by atoms with Crippen LogP contribution in [-0.2, 0) is 17.9 Å². The number of likely N-dealkylation sites (N-methyl/N-ethyl adjacent to an activating group) is 1. The minimum atomic E-state index is -0.866. The van der Waals surface area contributed by atoms with Crippen LogP contribution in [0.4, 0.5) is 21.6 Å². The quantitative estimate of drug-likeness (QED) is 0.185. The average Bonchev–Trinajstić information content (AvgIpc) is 3.61. The summed E-state index contributed by atoms with van der Waals surface area (Å²) in [6.45, 7) is 0.645. The number of rotatable bonds is 12. The van der Waals surface area contributed by atoms with Gasteiger partial charge in [-0.2, -0.15) is 5.10 Å². The Bertz CT molecular complexity index is 1530. The van der Waals surface area contributed by atoms with Crippen LogP contribution in [0.1, 0.15) is 46.7 Å². The first kappa shape index (κ1) is 26.2. The Morgan fingerprint density at radius 3 is 2.87 bits per heavy atom. The van der Waals surface area contributed by atoms with Crippen molar-refractivity contribution >= 4 is 39.9 Å². The molecule has 0 bridgehead atoms. The van der Waals surface area contributed by atoms with Gasteiger partial charge in [-0.05, 0) is 73.7 Å². The topological polar surface area (TPSA) is 139 Å². The molecule has 6 N–H and O–H groups in total. The number of nitrogens with one attached hydrogen (secondary N) is 4. The van der Waals surface area contributed by atoms with Gasteiger partial charge in [0.15, 0.2) is 5.65 Å². The molecule has 4 aromatic rings. The molecular formula is C28H32FN7O3. The molecule has 1 aliphatic rings. The normalized spacial score (nSPS) is 14.4. The van der Waals surface area contributed by atoms with E-state index in [-0.39, 0.29) is 23.7 Å². The molecule has 1 atom stereocenters. The molecule has 0 saturated heterocycles. The van der Waals surface area contributed by atoms with E-state index in [1.54, 1.807) is 31.1 Å². The van der Waals surface area contributed by atoms with Crippen molar-refractivity contribution in [3.63, 3.8) is 0 Å². The van der Waals surface area contributed by atoms with Gasteiger partial charge in [-0.25, -0.2) is 9.07 Å². The first-order valence-electron chi connectivity index (χ1n) is 12.9. The van der Waals surface area contributed by atoms with Gasteiger partial charge in [0.1, 0.15) is 29.8 Å². The van der Waals surface area contributed by atoms with Crippen LogP contribution >= 0.6 is 0 Å². The zero-order valence-electron chi connectivity index (χ0n) is 21.9. The fourth-order valence-electron chi connectivity index (χ4n) is 5.30. The van der Waals surface area contributed by atoms with Gasteiger partial charge in [0.25, 0.3) is 5.91 Å². The summed E-state index contributed by atoms with van der Waals surface area (Å²) in [5.41, 5.74) is 9.38. The maximum Gasteiger partial charge on any atom is 0.253 e. The zero-order valence-corrected chi connectivity index (χ0v) is 21.9. The molecule has 0 fully saturated rings. The van der Waals surface area contributed by atoms with Crippen molar-refractivity contribution in [1.29, 1.82) is 0 Å². The van der Waals surface area contributed by atoms with E-state index in [1.807, 2.05) is 6.07 Å². The van der Waals surface area contributed by atoms with E-state index in [9.17, 15) is 14.0 Å². The number of nitrogens with two attached hydrogens (primary N) is 1. The molecular weight excluding hydrogens is 501 g/mol. The highest BCUT2D eigenvalue weighted by Gasteiger charge is 2.25. The molecule has 0 aliphatic heterocycles. The van der Waals surface area contributed by atoms with Gasteiger partial charge in [0, 0.05) is 12.6 Å². The number of carbonyl (C=O) groups excluding carboxylic acids is 2. The monoisotopic (exact) mass is 533 g/mol. The highest BCUT2D eigenvalue weighted by atomic mass is 19.1. The van der Waals surface area contributed by atoms with Crippen molar-refractivity contribution in [2.75, 3.05) is 31.3 Å². The van der Waals surface area contributed by atoms with Gasteiger partial charge in [-0.15, -0.1) is 0 Å². The van der Waals surface area contributed by atoms with Gasteiger partial charge in [-0.1, -0.05) is 6.07 Å². The molecule has 39 heavy (non-hydrogen) atoms. The lowest BCUT2D eigenvalue weighted by Crippen LogP contribution is -2.18. The third kappa shape index (κ3) is 5.30. The molecule has 0 spiro atoms. The molecule has 204 valence electrons. The van der Waals surface area contributed by atoms with Crippen LogP contribution < -0.4 is 26.4 Å². The van der Waals surface area contributed by atoms with Gasteiger partial charge in [-0.3, -0.25) is 9.59 Å². The number of primary amides is 1. The van der Waals surface area contributed by atoms with Crippen LogP contribution in [0, 0.1) is 5.82 Å². The van der Waals surface area contributed by atoms with Gasteiger partial charge in [0.05, 0.1) is 36.0 Å². The number of Topliss-reactive ketones (excluding diaryl/α,β-unsaturated/α-hetero) is 1. The van der Waals surface area contributed by atoms with Gasteiger partial charge in [0.2, 0.25) is 0 Å². The molecule has 2 heterocycles. The maximum atomic E-state index is 14.4. The molecule has 1 aliphatic carbocycles.